The van der Waals surface area contributed by atoms with Crippen molar-refractivity contribution in [3.8, 4) is 5.75 Å². The van der Waals surface area contributed by atoms with Crippen LogP contribution in [0.25, 0.3) is 0 Å². The van der Waals surface area contributed by atoms with E-state index in [2.05, 4.69) is 0 Å². The number of halogens is 1. The number of ether oxygens (including phenoxy) is 1. The summed E-state index contributed by atoms with van der Waals surface area (Å²) in [7, 11) is 0. The van der Waals surface area contributed by atoms with Gasteiger partial charge in [-0.2, -0.15) is 0 Å². The normalized spacial score (nSPS) is 24.6. The Balaban J connectivity index is 2.52. The summed E-state index contributed by atoms with van der Waals surface area (Å²) < 4.78 is 18.7. The molecule has 0 saturated heterocycles. The van der Waals surface area contributed by atoms with Crippen LogP contribution in [0, 0.1) is 12.7 Å². The zero-order valence-electron chi connectivity index (χ0n) is 8.25. The molecule has 2 rings (SSSR count). The molecule has 1 heterocycles. The number of hydrogen-bond donors (Lipinski definition) is 1. The van der Waals surface area contributed by atoms with Gasteiger partial charge in [0.25, 0.3) is 0 Å². The molecule has 1 aromatic rings. The van der Waals surface area contributed by atoms with Gasteiger partial charge in [-0.1, -0.05) is 13.0 Å². The zero-order valence-corrected chi connectivity index (χ0v) is 8.25. The minimum atomic E-state index is -0.689. The Morgan fingerprint density at radius 1 is 1.50 bits per heavy atom. The predicted octanol–water partition coefficient (Wildman–Crippen LogP) is 2.34. The first-order valence-electron chi connectivity index (χ1n) is 4.79. The Labute approximate surface area is 82.3 Å². The van der Waals surface area contributed by atoms with Crippen molar-refractivity contribution >= 4 is 0 Å². The van der Waals surface area contributed by atoms with Gasteiger partial charge in [-0.15, -0.1) is 0 Å². The van der Waals surface area contributed by atoms with E-state index in [9.17, 15) is 9.50 Å². The molecule has 1 N–H and O–H groups in total. The predicted molar refractivity (Wildman–Crippen MR) is 50.8 cm³/mol. The fourth-order valence-corrected chi connectivity index (χ4v) is 1.87. The van der Waals surface area contributed by atoms with Crippen molar-refractivity contribution in [2.24, 2.45) is 0 Å². The molecule has 0 aliphatic carbocycles. The van der Waals surface area contributed by atoms with Crippen LogP contribution < -0.4 is 4.74 Å². The van der Waals surface area contributed by atoms with E-state index < -0.39 is 6.10 Å². The highest BCUT2D eigenvalue weighted by atomic mass is 19.1. The molecule has 2 unspecified atom stereocenters. The van der Waals surface area contributed by atoms with Gasteiger partial charge < -0.3 is 9.84 Å². The maximum atomic E-state index is 13.3. The molecular weight excluding hydrogens is 183 g/mol. The van der Waals surface area contributed by atoms with Crippen molar-refractivity contribution in [3.63, 3.8) is 0 Å². The molecule has 0 radical (unpaired) electrons. The van der Waals surface area contributed by atoms with Crippen LogP contribution in [0.3, 0.4) is 0 Å². The summed E-state index contributed by atoms with van der Waals surface area (Å²) >= 11 is 0. The van der Waals surface area contributed by atoms with Crippen molar-refractivity contribution in [2.75, 3.05) is 0 Å². The summed E-state index contributed by atoms with van der Waals surface area (Å²) in [5, 5.41) is 9.85. The molecule has 2 nitrogen and oxygen atoms in total. The van der Waals surface area contributed by atoms with E-state index in [4.69, 9.17) is 4.74 Å². The fourth-order valence-electron chi connectivity index (χ4n) is 1.87. The van der Waals surface area contributed by atoms with Crippen LogP contribution in [0.5, 0.6) is 5.75 Å². The van der Waals surface area contributed by atoms with E-state index in [0.29, 0.717) is 12.0 Å². The third-order valence-corrected chi connectivity index (χ3v) is 2.69. The molecule has 1 aromatic carbocycles. The summed E-state index contributed by atoms with van der Waals surface area (Å²) in [5.74, 6) is -0.162. The van der Waals surface area contributed by atoms with Gasteiger partial charge in [-0.05, 0) is 25.0 Å². The second-order valence-electron chi connectivity index (χ2n) is 3.62. The SMILES string of the molecule is CCC1Oc2c(F)ccc(C)c2C1O. The Hall–Kier alpha value is -1.09. The molecule has 0 bridgehead atoms. The van der Waals surface area contributed by atoms with Gasteiger partial charge in [0.05, 0.1) is 0 Å². The minimum Gasteiger partial charge on any atom is -0.484 e. The first kappa shape index (κ1) is 9.46. The minimum absolute atomic E-state index is 0.226. The van der Waals surface area contributed by atoms with Crippen molar-refractivity contribution in [1.82, 2.24) is 0 Å². The molecule has 3 heteroatoms. The highest BCUT2D eigenvalue weighted by Gasteiger charge is 2.34. The van der Waals surface area contributed by atoms with Gasteiger partial charge in [-0.25, -0.2) is 4.39 Å². The lowest BCUT2D eigenvalue weighted by Gasteiger charge is -2.11. The molecule has 1 aliphatic rings. The van der Waals surface area contributed by atoms with Crippen LogP contribution in [0.1, 0.15) is 30.6 Å². The first-order valence-corrected chi connectivity index (χ1v) is 4.79. The number of hydrogen-bond acceptors (Lipinski definition) is 2. The number of rotatable bonds is 1. The monoisotopic (exact) mass is 196 g/mol. The number of aryl methyl sites for hydroxylation is 1. The number of fused-ring (bicyclic) bond motifs is 1. The molecule has 76 valence electrons. The summed E-state index contributed by atoms with van der Waals surface area (Å²) in [6, 6.07) is 3.04. The molecule has 1 aliphatic heterocycles. The maximum Gasteiger partial charge on any atom is 0.165 e. The number of aliphatic hydroxyl groups excluding tert-OH is 1. The lowest BCUT2D eigenvalue weighted by atomic mass is 10.0. The van der Waals surface area contributed by atoms with Gasteiger partial charge in [0, 0.05) is 5.56 Å². The van der Waals surface area contributed by atoms with Crippen LogP contribution in [0.15, 0.2) is 12.1 Å². The van der Waals surface area contributed by atoms with E-state index in [1.807, 2.05) is 13.8 Å². The Bertz CT molecular complexity index is 363. The van der Waals surface area contributed by atoms with E-state index in [1.54, 1.807) is 6.07 Å². The third-order valence-electron chi connectivity index (χ3n) is 2.69. The number of aliphatic hydroxyl groups is 1. The van der Waals surface area contributed by atoms with Gasteiger partial charge >= 0.3 is 0 Å². The van der Waals surface area contributed by atoms with Crippen LogP contribution in [-0.4, -0.2) is 11.2 Å². The standard InChI is InChI=1S/C11H13FO2/c1-3-8-10(13)9-6(2)4-5-7(12)11(9)14-8/h4-5,8,10,13H,3H2,1-2H3. The quantitative estimate of drug-likeness (QED) is 0.747. The van der Waals surface area contributed by atoms with Crippen LogP contribution in [0.2, 0.25) is 0 Å². The van der Waals surface area contributed by atoms with Crippen molar-refractivity contribution < 1.29 is 14.2 Å². The maximum absolute atomic E-state index is 13.3. The van der Waals surface area contributed by atoms with E-state index in [0.717, 1.165) is 5.56 Å². The second-order valence-corrected chi connectivity index (χ2v) is 3.62. The van der Waals surface area contributed by atoms with Gasteiger partial charge in [0.2, 0.25) is 0 Å². The molecule has 2 atom stereocenters. The van der Waals surface area contributed by atoms with Gasteiger partial charge in [0.1, 0.15) is 12.2 Å². The van der Waals surface area contributed by atoms with Crippen LogP contribution >= 0.6 is 0 Å². The molecule has 0 spiro atoms. The van der Waals surface area contributed by atoms with Crippen LogP contribution in [0.4, 0.5) is 4.39 Å². The lowest BCUT2D eigenvalue weighted by molar-refractivity contribution is 0.0638. The third kappa shape index (κ3) is 1.20. The van der Waals surface area contributed by atoms with Crippen molar-refractivity contribution in [2.45, 2.75) is 32.5 Å². The topological polar surface area (TPSA) is 29.5 Å². The Morgan fingerprint density at radius 2 is 2.21 bits per heavy atom. The molecule has 14 heavy (non-hydrogen) atoms. The Kier molecular flexibility index (Phi) is 2.19. The molecule has 0 saturated carbocycles. The second kappa shape index (κ2) is 3.24. The lowest BCUT2D eigenvalue weighted by Crippen LogP contribution is -2.17. The van der Waals surface area contributed by atoms with Gasteiger partial charge in [0.15, 0.2) is 11.6 Å². The highest BCUT2D eigenvalue weighted by molar-refractivity contribution is 5.45. The highest BCUT2D eigenvalue weighted by Crippen LogP contribution is 2.41. The molecular formula is C11H13FO2. The van der Waals surface area contributed by atoms with Crippen molar-refractivity contribution in [1.29, 1.82) is 0 Å². The average Bonchev–Trinajstić information content (AvgIpc) is 2.51. The molecule has 0 amide bonds. The summed E-state index contributed by atoms with van der Waals surface area (Å²) in [5.41, 5.74) is 1.49. The summed E-state index contributed by atoms with van der Waals surface area (Å²) in [4.78, 5) is 0. The fraction of sp³-hybridized carbons (Fsp3) is 0.455. The summed E-state index contributed by atoms with van der Waals surface area (Å²) in [6.45, 7) is 3.76. The van der Waals surface area contributed by atoms with E-state index in [-0.39, 0.29) is 17.7 Å². The summed E-state index contributed by atoms with van der Waals surface area (Å²) in [6.07, 6.45) is -0.319. The smallest absolute Gasteiger partial charge is 0.165 e. The van der Waals surface area contributed by atoms with Crippen molar-refractivity contribution in [3.05, 3.63) is 29.1 Å². The molecule has 0 aromatic heterocycles. The zero-order chi connectivity index (χ0) is 10.3. The number of benzene rings is 1. The van der Waals surface area contributed by atoms with Gasteiger partial charge in [-0.3, -0.25) is 0 Å². The van der Waals surface area contributed by atoms with Crippen LogP contribution in [-0.2, 0) is 0 Å². The largest absolute Gasteiger partial charge is 0.484 e. The molecule has 0 fully saturated rings. The average molecular weight is 196 g/mol. The van der Waals surface area contributed by atoms with E-state index in [1.165, 1.54) is 6.07 Å². The van der Waals surface area contributed by atoms with E-state index >= 15 is 0 Å². The first-order chi connectivity index (χ1) is 6.65. The Morgan fingerprint density at radius 3 is 2.79 bits per heavy atom.